The normalized spacial score (nSPS) is 33.8. The van der Waals surface area contributed by atoms with Gasteiger partial charge in [0, 0.05) is 17.4 Å². The van der Waals surface area contributed by atoms with Crippen molar-refractivity contribution < 1.29 is 26.2 Å². The molecular formula is C34H42BrNO. The summed E-state index contributed by atoms with van der Waals surface area (Å²) in [6, 6.07) is 26.8. The van der Waals surface area contributed by atoms with Gasteiger partial charge in [-0.2, -0.15) is 0 Å². The van der Waals surface area contributed by atoms with E-state index in [1.165, 1.54) is 52.8 Å². The van der Waals surface area contributed by atoms with Gasteiger partial charge in [0.15, 0.2) is 5.60 Å². The molecule has 2 heterocycles. The van der Waals surface area contributed by atoms with Gasteiger partial charge in [0.05, 0.1) is 19.1 Å². The molecule has 3 aromatic rings. The fraction of sp³-hybridized carbons (Fsp3) is 0.471. The topological polar surface area (TPSA) is 9.23 Å². The van der Waals surface area contributed by atoms with E-state index in [9.17, 15) is 0 Å². The Morgan fingerprint density at radius 1 is 0.865 bits per heavy atom. The molecule has 2 saturated heterocycles. The van der Waals surface area contributed by atoms with Gasteiger partial charge in [-0.05, 0) is 62.8 Å². The number of nitrogens with zero attached hydrogens (tertiary/aromatic N) is 1. The molecule has 0 bridgehead atoms. The Bertz CT molecular complexity index is 1240. The van der Waals surface area contributed by atoms with Crippen LogP contribution in [0.3, 0.4) is 0 Å². The third-order valence-corrected chi connectivity index (χ3v) is 10.4. The Hall–Kier alpha value is -1.94. The largest absolute Gasteiger partial charge is 1.00 e. The van der Waals surface area contributed by atoms with Crippen molar-refractivity contribution in [3.8, 4) is 0 Å². The van der Waals surface area contributed by atoms with Crippen LogP contribution >= 0.6 is 0 Å². The zero-order valence-electron chi connectivity index (χ0n) is 23.1. The van der Waals surface area contributed by atoms with Crippen molar-refractivity contribution in [2.45, 2.75) is 71.8 Å². The summed E-state index contributed by atoms with van der Waals surface area (Å²) in [6.07, 6.45) is 2.60. The summed E-state index contributed by atoms with van der Waals surface area (Å²) in [5.41, 5.74) is 8.33. The number of hydrogen-bond acceptors (Lipinski definition) is 1. The lowest BCUT2D eigenvalue weighted by Crippen LogP contribution is -3.00. The molecule has 0 spiro atoms. The summed E-state index contributed by atoms with van der Waals surface area (Å²) in [6.45, 7) is 16.2. The number of aryl methyl sites for hydroxylation is 3. The van der Waals surface area contributed by atoms with Gasteiger partial charge >= 0.3 is 0 Å². The number of benzene rings is 3. The number of quaternary nitrogens is 1. The highest BCUT2D eigenvalue weighted by molar-refractivity contribution is 5.44. The molecule has 1 saturated carbocycles. The van der Waals surface area contributed by atoms with E-state index in [2.05, 4.69) is 107 Å². The van der Waals surface area contributed by atoms with Crippen molar-refractivity contribution in [2.24, 2.45) is 17.8 Å². The number of hydrogen-bond donors (Lipinski definition) is 0. The number of halogens is 1. The molecule has 6 rings (SSSR count). The molecular weight excluding hydrogens is 518 g/mol. The van der Waals surface area contributed by atoms with E-state index < -0.39 is 0 Å². The molecule has 6 atom stereocenters. The van der Waals surface area contributed by atoms with Gasteiger partial charge in [0.25, 0.3) is 0 Å². The second-order valence-corrected chi connectivity index (χ2v) is 12.5. The Kier molecular flexibility index (Phi) is 6.96. The average molecular weight is 561 g/mol. The minimum absolute atomic E-state index is 0. The van der Waals surface area contributed by atoms with Gasteiger partial charge in [-0.25, -0.2) is 0 Å². The SMILES string of the molecule is Cc1cc(C)c([C@@]2(OCc3ccccc3)C[N@+]3(Cc4ccccc4)C[C@@H](C)[C@@H]4CC[C@H]2[C@@]43C)c(C)c1.[Br-]. The highest BCUT2D eigenvalue weighted by Gasteiger charge is 2.78. The zero-order chi connectivity index (χ0) is 25.1. The predicted octanol–water partition coefficient (Wildman–Crippen LogP) is 4.49. The monoisotopic (exact) mass is 559 g/mol. The summed E-state index contributed by atoms with van der Waals surface area (Å²) in [5.74, 6) is 2.04. The smallest absolute Gasteiger partial charge is 0.151 e. The quantitative estimate of drug-likeness (QED) is 0.404. The summed E-state index contributed by atoms with van der Waals surface area (Å²) in [5, 5.41) is 0. The van der Waals surface area contributed by atoms with Crippen LogP contribution in [-0.4, -0.2) is 23.1 Å². The van der Waals surface area contributed by atoms with Crippen molar-refractivity contribution in [1.29, 1.82) is 0 Å². The van der Waals surface area contributed by atoms with Crippen LogP contribution in [0.15, 0.2) is 72.8 Å². The molecule has 0 aromatic heterocycles. The first-order valence-corrected chi connectivity index (χ1v) is 14.0. The van der Waals surface area contributed by atoms with E-state index >= 15 is 0 Å². The van der Waals surface area contributed by atoms with Crippen molar-refractivity contribution in [3.63, 3.8) is 0 Å². The van der Waals surface area contributed by atoms with Crippen LogP contribution in [0.1, 0.15) is 60.1 Å². The molecule has 0 N–H and O–H groups in total. The third kappa shape index (κ3) is 3.96. The molecule has 3 aromatic carbocycles. The highest BCUT2D eigenvalue weighted by Crippen LogP contribution is 2.68. The van der Waals surface area contributed by atoms with Crippen molar-refractivity contribution in [2.75, 3.05) is 13.1 Å². The molecule has 37 heavy (non-hydrogen) atoms. The molecule has 3 aliphatic rings. The van der Waals surface area contributed by atoms with Crippen LogP contribution in [0.4, 0.5) is 0 Å². The van der Waals surface area contributed by atoms with Gasteiger partial charge in [0.2, 0.25) is 0 Å². The maximum Gasteiger partial charge on any atom is 0.151 e. The number of ether oxygens (including phenoxy) is 1. The summed E-state index contributed by atoms with van der Waals surface area (Å²) >= 11 is 0. The molecule has 1 aliphatic carbocycles. The summed E-state index contributed by atoms with van der Waals surface area (Å²) in [7, 11) is 0. The van der Waals surface area contributed by atoms with Crippen molar-refractivity contribution >= 4 is 0 Å². The van der Waals surface area contributed by atoms with Crippen LogP contribution in [0.2, 0.25) is 0 Å². The summed E-state index contributed by atoms with van der Waals surface area (Å²) < 4.78 is 8.54. The molecule has 0 radical (unpaired) electrons. The minimum atomic E-state index is -0.268. The highest BCUT2D eigenvalue weighted by atomic mass is 79.9. The van der Waals surface area contributed by atoms with Gasteiger partial charge in [0.1, 0.15) is 18.6 Å². The van der Waals surface area contributed by atoms with Crippen molar-refractivity contribution in [1.82, 2.24) is 0 Å². The van der Waals surface area contributed by atoms with E-state index in [1.54, 1.807) is 0 Å². The summed E-state index contributed by atoms with van der Waals surface area (Å²) in [4.78, 5) is 0. The van der Waals surface area contributed by atoms with E-state index in [1.807, 2.05) is 0 Å². The maximum atomic E-state index is 7.38. The molecule has 3 heteroatoms. The van der Waals surface area contributed by atoms with Crippen LogP contribution in [0.5, 0.6) is 0 Å². The van der Waals surface area contributed by atoms with Crippen LogP contribution in [0.25, 0.3) is 0 Å². The van der Waals surface area contributed by atoms with Gasteiger partial charge < -0.3 is 26.2 Å². The second kappa shape index (κ2) is 9.67. The van der Waals surface area contributed by atoms with Crippen LogP contribution in [0, 0.1) is 38.5 Å². The Morgan fingerprint density at radius 3 is 2.08 bits per heavy atom. The second-order valence-electron chi connectivity index (χ2n) is 12.5. The first-order valence-electron chi connectivity index (χ1n) is 14.0. The minimum Gasteiger partial charge on any atom is -1.00 e. The zero-order valence-corrected chi connectivity index (χ0v) is 24.7. The van der Waals surface area contributed by atoms with Crippen molar-refractivity contribution in [3.05, 3.63) is 106 Å². The van der Waals surface area contributed by atoms with Gasteiger partial charge in [-0.15, -0.1) is 0 Å². The Balaban J connectivity index is 0.00000280. The first-order chi connectivity index (χ1) is 17.3. The Labute approximate surface area is 234 Å². The lowest BCUT2D eigenvalue weighted by molar-refractivity contribution is -0.968. The lowest BCUT2D eigenvalue weighted by Gasteiger charge is -2.43. The van der Waals surface area contributed by atoms with Crippen LogP contribution < -0.4 is 17.0 Å². The van der Waals surface area contributed by atoms with E-state index in [-0.39, 0.29) is 28.1 Å². The number of rotatable bonds is 6. The Morgan fingerprint density at radius 2 is 1.46 bits per heavy atom. The maximum absolute atomic E-state index is 7.38. The predicted molar refractivity (Wildman–Crippen MR) is 147 cm³/mol. The van der Waals surface area contributed by atoms with Crippen LogP contribution in [-0.2, 0) is 23.5 Å². The van der Waals surface area contributed by atoms with E-state index in [4.69, 9.17) is 4.74 Å². The van der Waals surface area contributed by atoms with E-state index in [0.29, 0.717) is 12.5 Å². The molecule has 2 aliphatic heterocycles. The molecule has 196 valence electrons. The van der Waals surface area contributed by atoms with Gasteiger partial charge in [-0.3, -0.25) is 0 Å². The molecule has 0 unspecified atom stereocenters. The fourth-order valence-corrected chi connectivity index (χ4v) is 9.44. The third-order valence-electron chi connectivity index (χ3n) is 10.4. The molecule has 3 fully saturated rings. The standard InChI is InChI=1S/C34H42NO.BrH/c1-24-18-25(2)32(26(3)19-24)34(36-22-29-14-10-7-11-15-29)23-35(21-28-12-8-6-9-13-28)20-27(4)30-16-17-31(34)33(30,35)5;/h6-15,18-19,27,30-31H,16-17,20-23H2,1-5H3;1H/q+1;/p-1/t27-,30+,31+,33-,34-,35-;/m1./s1. The average Bonchev–Trinajstić information content (AvgIpc) is 3.38. The fourth-order valence-electron chi connectivity index (χ4n) is 9.44. The van der Waals surface area contributed by atoms with E-state index in [0.717, 1.165) is 29.4 Å². The van der Waals surface area contributed by atoms with Gasteiger partial charge in [-0.1, -0.05) is 85.3 Å². The first kappa shape index (κ1) is 26.7. The lowest BCUT2D eigenvalue weighted by atomic mass is 9.71. The molecule has 0 amide bonds. The molecule has 2 nitrogen and oxygen atoms in total.